The molecule has 0 saturated carbocycles. The minimum absolute atomic E-state index is 0.0466. The Hall–Kier alpha value is -2.48. The van der Waals surface area contributed by atoms with Crippen LogP contribution in [-0.2, 0) is 16.1 Å². The fourth-order valence-electron chi connectivity index (χ4n) is 3.12. The van der Waals surface area contributed by atoms with Gasteiger partial charge in [-0.1, -0.05) is 6.58 Å². The Bertz CT molecular complexity index is 872. The van der Waals surface area contributed by atoms with Gasteiger partial charge in [-0.15, -0.1) is 11.3 Å². The van der Waals surface area contributed by atoms with Crippen molar-refractivity contribution in [2.75, 3.05) is 20.1 Å². The predicted molar refractivity (Wildman–Crippen MR) is 96.2 cm³/mol. The number of hydrogen-bond acceptors (Lipinski definition) is 5. The van der Waals surface area contributed by atoms with E-state index in [-0.39, 0.29) is 29.8 Å². The van der Waals surface area contributed by atoms with E-state index in [1.807, 2.05) is 5.38 Å². The quantitative estimate of drug-likeness (QED) is 0.835. The van der Waals surface area contributed by atoms with Crippen LogP contribution < -0.4 is 5.56 Å². The van der Waals surface area contributed by atoms with Crippen LogP contribution in [0.5, 0.6) is 0 Å². The number of carbonyl (C=O) groups is 2. The van der Waals surface area contributed by atoms with Crippen LogP contribution in [0.15, 0.2) is 28.9 Å². The van der Waals surface area contributed by atoms with E-state index in [4.69, 9.17) is 0 Å². The molecule has 0 aromatic carbocycles. The molecule has 1 aliphatic rings. The van der Waals surface area contributed by atoms with Gasteiger partial charge in [-0.25, -0.2) is 4.98 Å². The highest BCUT2D eigenvalue weighted by molar-refractivity contribution is 7.17. The average molecular weight is 360 g/mol. The zero-order valence-electron chi connectivity index (χ0n) is 14.0. The van der Waals surface area contributed by atoms with Crippen molar-refractivity contribution in [3.05, 3.63) is 40.3 Å². The van der Waals surface area contributed by atoms with E-state index in [2.05, 4.69) is 16.5 Å². The largest absolute Gasteiger partial charge is 0.338 e. The Morgan fingerprint density at radius 3 is 3.12 bits per heavy atom. The first-order chi connectivity index (χ1) is 12.0. The molecule has 2 aromatic heterocycles. The number of carbonyl (C=O) groups excluding carboxylic acids is 2. The number of hydrogen-bond donors (Lipinski definition) is 1. The van der Waals surface area contributed by atoms with Crippen LogP contribution in [0.2, 0.25) is 0 Å². The van der Waals surface area contributed by atoms with E-state index >= 15 is 0 Å². The van der Waals surface area contributed by atoms with Gasteiger partial charge < -0.3 is 14.8 Å². The zero-order chi connectivity index (χ0) is 18.0. The molecule has 3 heterocycles. The van der Waals surface area contributed by atoms with Crippen molar-refractivity contribution in [1.82, 2.24) is 19.8 Å². The molecule has 25 heavy (non-hydrogen) atoms. The van der Waals surface area contributed by atoms with Crippen molar-refractivity contribution >= 4 is 33.4 Å². The van der Waals surface area contributed by atoms with E-state index in [1.54, 1.807) is 22.9 Å². The van der Waals surface area contributed by atoms with Crippen molar-refractivity contribution in [2.24, 2.45) is 5.92 Å². The number of fused-ring (bicyclic) bond motifs is 1. The number of aromatic nitrogens is 2. The summed E-state index contributed by atoms with van der Waals surface area (Å²) in [6.07, 6.45) is 2.82. The summed E-state index contributed by atoms with van der Waals surface area (Å²) in [5, 5.41) is 1.82. The zero-order valence-corrected chi connectivity index (χ0v) is 14.8. The highest BCUT2D eigenvalue weighted by Gasteiger charge is 2.29. The van der Waals surface area contributed by atoms with Gasteiger partial charge in [-0.3, -0.25) is 14.4 Å². The van der Waals surface area contributed by atoms with Crippen LogP contribution in [0.1, 0.15) is 18.7 Å². The first-order valence-electron chi connectivity index (χ1n) is 8.12. The number of likely N-dealkylation sites (tertiary alicyclic amines) is 1. The molecule has 1 aliphatic heterocycles. The number of amides is 2. The van der Waals surface area contributed by atoms with Crippen LogP contribution in [0.3, 0.4) is 0 Å². The van der Waals surface area contributed by atoms with Gasteiger partial charge in [0.15, 0.2) is 0 Å². The van der Waals surface area contributed by atoms with Gasteiger partial charge in [0.2, 0.25) is 11.8 Å². The molecule has 0 radical (unpaired) electrons. The Kier molecular flexibility index (Phi) is 4.98. The molecule has 7 nitrogen and oxygen atoms in total. The summed E-state index contributed by atoms with van der Waals surface area (Å²) >= 11 is 1.34. The number of thiophene rings is 1. The number of aromatic amines is 1. The minimum Gasteiger partial charge on any atom is -0.338 e. The topological polar surface area (TPSA) is 86.4 Å². The van der Waals surface area contributed by atoms with Crippen molar-refractivity contribution in [1.29, 1.82) is 0 Å². The number of nitrogens with one attached hydrogen (secondary N) is 1. The molecular weight excluding hydrogens is 340 g/mol. The van der Waals surface area contributed by atoms with Gasteiger partial charge in [0.1, 0.15) is 10.5 Å². The minimum atomic E-state index is -0.237. The van der Waals surface area contributed by atoms with E-state index in [0.29, 0.717) is 29.1 Å². The summed E-state index contributed by atoms with van der Waals surface area (Å²) in [6.45, 7) is 4.78. The second-order valence-corrected chi connectivity index (χ2v) is 7.09. The SMILES string of the molecule is C=CC(=O)N1CCCC(C(=O)N(C)Cc2nc3ccsc3c(=O)[nH]2)C1. The molecule has 1 saturated heterocycles. The van der Waals surface area contributed by atoms with E-state index in [1.165, 1.54) is 17.4 Å². The molecule has 1 N–H and O–H groups in total. The van der Waals surface area contributed by atoms with Crippen molar-refractivity contribution in [2.45, 2.75) is 19.4 Å². The number of H-pyrrole nitrogens is 1. The lowest BCUT2D eigenvalue weighted by Crippen LogP contribution is -2.45. The number of rotatable bonds is 4. The third-order valence-corrected chi connectivity index (χ3v) is 5.29. The summed E-state index contributed by atoms with van der Waals surface area (Å²) in [5.41, 5.74) is 0.460. The molecule has 0 spiro atoms. The molecule has 3 rings (SSSR count). The molecule has 132 valence electrons. The predicted octanol–water partition coefficient (Wildman–Crippen LogP) is 1.37. The maximum absolute atomic E-state index is 12.7. The van der Waals surface area contributed by atoms with Gasteiger partial charge in [0.25, 0.3) is 5.56 Å². The van der Waals surface area contributed by atoms with Crippen molar-refractivity contribution < 1.29 is 9.59 Å². The Balaban J connectivity index is 1.70. The summed E-state index contributed by atoms with van der Waals surface area (Å²) in [5.74, 6) is 0.0320. The highest BCUT2D eigenvalue weighted by atomic mass is 32.1. The molecule has 1 unspecified atom stereocenters. The Morgan fingerprint density at radius 1 is 1.56 bits per heavy atom. The smallest absolute Gasteiger partial charge is 0.268 e. The fraction of sp³-hybridized carbons (Fsp3) is 0.412. The standard InChI is InChI=1S/C17H20N4O3S/c1-3-14(22)21-7-4-5-11(9-21)17(24)20(2)10-13-18-12-6-8-25-15(12)16(23)19-13/h3,6,8,11H,1,4-5,7,9-10H2,2H3,(H,18,19,23). The van der Waals surface area contributed by atoms with Crippen LogP contribution in [0.4, 0.5) is 0 Å². The Labute approximate surface area is 149 Å². The molecule has 1 atom stereocenters. The summed E-state index contributed by atoms with van der Waals surface area (Å²) in [4.78, 5) is 46.8. The van der Waals surface area contributed by atoms with E-state index in [0.717, 1.165) is 12.8 Å². The summed E-state index contributed by atoms with van der Waals surface area (Å²) < 4.78 is 0.587. The third kappa shape index (κ3) is 3.63. The highest BCUT2D eigenvalue weighted by Crippen LogP contribution is 2.20. The second kappa shape index (κ2) is 7.18. The number of nitrogens with zero attached hydrogens (tertiary/aromatic N) is 3. The molecule has 2 aromatic rings. The van der Waals surface area contributed by atoms with Gasteiger partial charge in [-0.05, 0) is 30.4 Å². The second-order valence-electron chi connectivity index (χ2n) is 6.17. The number of piperidine rings is 1. The monoisotopic (exact) mass is 360 g/mol. The van der Waals surface area contributed by atoms with Crippen molar-refractivity contribution in [3.63, 3.8) is 0 Å². The van der Waals surface area contributed by atoms with Gasteiger partial charge in [-0.2, -0.15) is 0 Å². The van der Waals surface area contributed by atoms with E-state index < -0.39 is 0 Å². The van der Waals surface area contributed by atoms with Crippen LogP contribution in [0.25, 0.3) is 10.2 Å². The molecule has 1 fully saturated rings. The van der Waals surface area contributed by atoms with Crippen LogP contribution >= 0.6 is 11.3 Å². The molecule has 2 amide bonds. The normalized spacial score (nSPS) is 17.5. The summed E-state index contributed by atoms with van der Waals surface area (Å²) in [7, 11) is 1.69. The first kappa shape index (κ1) is 17.3. The maximum atomic E-state index is 12.7. The van der Waals surface area contributed by atoms with Gasteiger partial charge in [0.05, 0.1) is 18.0 Å². The first-order valence-corrected chi connectivity index (χ1v) is 9.00. The summed E-state index contributed by atoms with van der Waals surface area (Å²) in [6, 6.07) is 1.79. The third-order valence-electron chi connectivity index (χ3n) is 4.38. The van der Waals surface area contributed by atoms with Crippen molar-refractivity contribution in [3.8, 4) is 0 Å². The van der Waals surface area contributed by atoms with Crippen LogP contribution in [-0.4, -0.2) is 51.7 Å². The van der Waals surface area contributed by atoms with Gasteiger partial charge >= 0.3 is 0 Å². The molecule has 0 bridgehead atoms. The lowest BCUT2D eigenvalue weighted by molar-refractivity contribution is -0.138. The molecule has 8 heteroatoms. The molecular formula is C17H20N4O3S. The van der Waals surface area contributed by atoms with E-state index in [9.17, 15) is 14.4 Å². The lowest BCUT2D eigenvalue weighted by atomic mass is 9.96. The Morgan fingerprint density at radius 2 is 2.36 bits per heavy atom. The molecule has 0 aliphatic carbocycles. The fourth-order valence-corrected chi connectivity index (χ4v) is 3.84. The van der Waals surface area contributed by atoms with Gasteiger partial charge in [0, 0.05) is 20.1 Å². The lowest BCUT2D eigenvalue weighted by Gasteiger charge is -2.33. The average Bonchev–Trinajstić information content (AvgIpc) is 3.09. The maximum Gasteiger partial charge on any atom is 0.268 e. The van der Waals surface area contributed by atoms with Crippen LogP contribution in [0, 0.1) is 5.92 Å².